The molecule has 0 nitrogen and oxygen atoms in total. The van der Waals surface area contributed by atoms with Crippen LogP contribution in [0.25, 0.3) is 11.1 Å². The average Bonchev–Trinajstić information content (AvgIpc) is 2.72. The first-order chi connectivity index (χ1) is 12.0. The highest BCUT2D eigenvalue weighted by Gasteiger charge is 2.11. The summed E-state index contributed by atoms with van der Waals surface area (Å²) in [5, 5.41) is 0. The van der Waals surface area contributed by atoms with Crippen molar-refractivity contribution in [3.63, 3.8) is 0 Å². The van der Waals surface area contributed by atoms with Crippen LogP contribution in [0.15, 0.2) is 83.5 Å². The molecule has 0 aromatic heterocycles. The van der Waals surface area contributed by atoms with Gasteiger partial charge >= 0.3 is 0 Å². The van der Waals surface area contributed by atoms with Crippen LogP contribution in [0.2, 0.25) is 0 Å². The Kier molecular flexibility index (Phi) is 4.95. The van der Waals surface area contributed by atoms with Crippen molar-refractivity contribution in [3.05, 3.63) is 94.6 Å². The third-order valence-electron chi connectivity index (χ3n) is 4.06. The molecule has 3 rings (SSSR count). The maximum Gasteiger partial charge on any atom is 0.141 e. The first-order valence-corrected chi connectivity index (χ1v) is 8.15. The molecule has 0 radical (unpaired) electrons. The smallest absolute Gasteiger partial charge is 0.141 e. The van der Waals surface area contributed by atoms with Crippen molar-refractivity contribution in [2.45, 2.75) is 20.3 Å². The fourth-order valence-corrected chi connectivity index (χ4v) is 2.56. The van der Waals surface area contributed by atoms with Crippen LogP contribution in [-0.4, -0.2) is 0 Å². The van der Waals surface area contributed by atoms with Crippen molar-refractivity contribution < 1.29 is 8.78 Å². The highest BCUT2D eigenvalue weighted by Crippen LogP contribution is 2.25. The van der Waals surface area contributed by atoms with Crippen LogP contribution < -0.4 is 0 Å². The van der Waals surface area contributed by atoms with Gasteiger partial charge in [-0.1, -0.05) is 59.4 Å². The fraction of sp³-hybridized carbons (Fsp3) is 0.130. The quantitative estimate of drug-likeness (QED) is 0.527. The number of halogens is 2. The molecule has 0 spiro atoms. The number of benzene rings is 2. The monoisotopic (exact) mass is 332 g/mol. The summed E-state index contributed by atoms with van der Waals surface area (Å²) in [6, 6.07) is 15.9. The van der Waals surface area contributed by atoms with Crippen molar-refractivity contribution in [2.24, 2.45) is 0 Å². The number of hydrogen-bond acceptors (Lipinski definition) is 0. The molecule has 0 heterocycles. The molecule has 0 saturated carbocycles. The summed E-state index contributed by atoms with van der Waals surface area (Å²) in [5.41, 5.74) is 4.72. The zero-order valence-electron chi connectivity index (χ0n) is 14.2. The van der Waals surface area contributed by atoms with Gasteiger partial charge in [-0.3, -0.25) is 0 Å². The van der Waals surface area contributed by atoms with E-state index in [-0.39, 0.29) is 5.57 Å². The number of allylic oxidation sites excluding steroid dienone is 6. The Morgan fingerprint density at radius 2 is 1.40 bits per heavy atom. The topological polar surface area (TPSA) is 0 Å². The van der Waals surface area contributed by atoms with Crippen molar-refractivity contribution in [1.82, 2.24) is 0 Å². The minimum atomic E-state index is -0.618. The van der Waals surface area contributed by atoms with Gasteiger partial charge in [-0.25, -0.2) is 8.78 Å². The zero-order chi connectivity index (χ0) is 17.8. The minimum absolute atomic E-state index is 0.181. The molecule has 0 fully saturated rings. The van der Waals surface area contributed by atoms with Crippen LogP contribution >= 0.6 is 0 Å². The summed E-state index contributed by atoms with van der Waals surface area (Å²) in [4.78, 5) is 0. The number of hydrogen-bond donors (Lipinski definition) is 0. The number of aryl methyl sites for hydroxylation is 1. The van der Waals surface area contributed by atoms with Gasteiger partial charge in [0.05, 0.1) is 5.57 Å². The van der Waals surface area contributed by atoms with Gasteiger partial charge in [0.1, 0.15) is 11.7 Å². The largest absolute Gasteiger partial charge is 0.206 e. The molecule has 124 valence electrons. The third-order valence-corrected chi connectivity index (χ3v) is 4.06. The SMILES string of the molecule is CC1=CC(F)=C(C#Cc2ccc(-c3ccc(C)cc3)cc2)C(F)=CC1. The second kappa shape index (κ2) is 7.32. The third kappa shape index (κ3) is 4.14. The Hall–Kier alpha value is -2.92. The lowest BCUT2D eigenvalue weighted by atomic mass is 10.0. The molecule has 25 heavy (non-hydrogen) atoms. The van der Waals surface area contributed by atoms with Gasteiger partial charge in [0.15, 0.2) is 0 Å². The van der Waals surface area contributed by atoms with Gasteiger partial charge in [-0.2, -0.15) is 0 Å². The molecule has 0 saturated heterocycles. The molecule has 2 aromatic rings. The zero-order valence-corrected chi connectivity index (χ0v) is 14.2. The average molecular weight is 332 g/mol. The van der Waals surface area contributed by atoms with Gasteiger partial charge in [0.25, 0.3) is 0 Å². The highest BCUT2D eigenvalue weighted by atomic mass is 19.1. The molecule has 0 bridgehead atoms. The van der Waals surface area contributed by atoms with Gasteiger partial charge in [0, 0.05) is 5.56 Å². The van der Waals surface area contributed by atoms with Gasteiger partial charge in [-0.15, -0.1) is 0 Å². The second-order valence-electron chi connectivity index (χ2n) is 6.16. The molecule has 2 aromatic carbocycles. The van der Waals surface area contributed by atoms with E-state index < -0.39 is 11.7 Å². The Balaban J connectivity index is 1.86. The lowest BCUT2D eigenvalue weighted by Crippen LogP contribution is -1.84. The van der Waals surface area contributed by atoms with Gasteiger partial charge in [-0.05, 0) is 55.7 Å². The Labute approximate surface area is 147 Å². The molecule has 0 aliphatic heterocycles. The maximum absolute atomic E-state index is 14.0. The van der Waals surface area contributed by atoms with Crippen molar-refractivity contribution >= 4 is 0 Å². The van der Waals surface area contributed by atoms with Crippen LogP contribution in [0, 0.1) is 18.8 Å². The predicted octanol–water partition coefficient (Wildman–Crippen LogP) is 6.44. The lowest BCUT2D eigenvalue weighted by Gasteiger charge is -2.02. The van der Waals surface area contributed by atoms with E-state index in [1.54, 1.807) is 6.92 Å². The van der Waals surface area contributed by atoms with Crippen LogP contribution in [0.3, 0.4) is 0 Å². The van der Waals surface area contributed by atoms with E-state index in [1.165, 1.54) is 17.7 Å². The molecular formula is C23H18F2. The van der Waals surface area contributed by atoms with Crippen LogP contribution in [0.4, 0.5) is 8.78 Å². The highest BCUT2D eigenvalue weighted by molar-refractivity contribution is 5.65. The molecule has 2 heteroatoms. The van der Waals surface area contributed by atoms with E-state index in [4.69, 9.17) is 0 Å². The van der Waals surface area contributed by atoms with E-state index in [0.29, 0.717) is 12.0 Å². The van der Waals surface area contributed by atoms with Crippen molar-refractivity contribution in [1.29, 1.82) is 0 Å². The first kappa shape index (κ1) is 16.9. The standard InChI is InChI=1S/C23H18F2/c1-16-3-9-19(10-4-16)20-11-6-18(7-12-20)8-13-21-22(24)14-5-17(2)15-23(21)25/h3-4,6-7,9-12,14-15H,5H2,1-2H3. The Morgan fingerprint density at radius 3 is 2.04 bits per heavy atom. The Bertz CT molecular complexity index is 928. The molecule has 0 unspecified atom stereocenters. The summed E-state index contributed by atoms with van der Waals surface area (Å²) >= 11 is 0. The summed E-state index contributed by atoms with van der Waals surface area (Å²) in [6.07, 6.45) is 3.10. The van der Waals surface area contributed by atoms with Gasteiger partial charge < -0.3 is 0 Å². The predicted molar refractivity (Wildman–Crippen MR) is 99.2 cm³/mol. The maximum atomic E-state index is 14.0. The first-order valence-electron chi connectivity index (χ1n) is 8.15. The molecular weight excluding hydrogens is 314 g/mol. The van der Waals surface area contributed by atoms with Crippen LogP contribution in [-0.2, 0) is 0 Å². The van der Waals surface area contributed by atoms with E-state index in [0.717, 1.165) is 16.7 Å². The Morgan fingerprint density at radius 1 is 0.800 bits per heavy atom. The molecule has 1 aliphatic rings. The minimum Gasteiger partial charge on any atom is -0.206 e. The van der Waals surface area contributed by atoms with Crippen LogP contribution in [0.5, 0.6) is 0 Å². The fourth-order valence-electron chi connectivity index (χ4n) is 2.56. The second-order valence-corrected chi connectivity index (χ2v) is 6.16. The summed E-state index contributed by atoms with van der Waals surface area (Å²) < 4.78 is 28.0. The van der Waals surface area contributed by atoms with E-state index >= 15 is 0 Å². The molecule has 0 N–H and O–H groups in total. The molecule has 1 aliphatic carbocycles. The summed E-state index contributed by atoms with van der Waals surface area (Å²) in [7, 11) is 0. The van der Waals surface area contributed by atoms with Gasteiger partial charge in [0.2, 0.25) is 0 Å². The molecule has 0 amide bonds. The number of rotatable bonds is 1. The molecule has 0 atom stereocenters. The van der Waals surface area contributed by atoms with E-state index in [2.05, 4.69) is 36.1 Å². The van der Waals surface area contributed by atoms with Crippen LogP contribution in [0.1, 0.15) is 24.5 Å². The van der Waals surface area contributed by atoms with Crippen molar-refractivity contribution in [3.8, 4) is 23.0 Å². The normalized spacial score (nSPS) is 14.2. The summed E-state index contributed by atoms with van der Waals surface area (Å²) in [5.74, 6) is 4.26. The van der Waals surface area contributed by atoms with E-state index in [9.17, 15) is 8.78 Å². The summed E-state index contributed by atoms with van der Waals surface area (Å²) in [6.45, 7) is 3.82. The van der Waals surface area contributed by atoms with Crippen molar-refractivity contribution in [2.75, 3.05) is 0 Å². The lowest BCUT2D eigenvalue weighted by molar-refractivity contribution is 0.620. The van der Waals surface area contributed by atoms with E-state index in [1.807, 2.05) is 31.2 Å².